The molecule has 0 saturated heterocycles. The van der Waals surface area contributed by atoms with E-state index in [1.165, 1.54) is 0 Å². The minimum Gasteiger partial charge on any atom is -0.317 e. The van der Waals surface area contributed by atoms with E-state index in [1.807, 2.05) is 64.1 Å². The van der Waals surface area contributed by atoms with E-state index >= 15 is 0 Å². The van der Waals surface area contributed by atoms with Crippen LogP contribution in [0.4, 0.5) is 11.4 Å². The molecule has 0 bridgehead atoms. The number of aryl methyl sites for hydroxylation is 4. The first-order chi connectivity index (χ1) is 12.5. The largest absolute Gasteiger partial charge is 0.317 e. The zero-order chi connectivity index (χ0) is 19.1. The Morgan fingerprint density at radius 2 is 0.885 bits per heavy atom. The monoisotopic (exact) mass is 352 g/mol. The Balaban J connectivity index is 2.24. The number of hydrogen-bond acceptors (Lipinski definition) is 2. The minimum atomic E-state index is -0.631. The summed E-state index contributed by atoms with van der Waals surface area (Å²) in [5.41, 5.74) is 5.67. The maximum Gasteiger partial charge on any atom is 0.314 e. The highest BCUT2D eigenvalue weighted by atomic mass is 16.2. The molecule has 0 fully saturated rings. The van der Waals surface area contributed by atoms with Crippen LogP contribution in [0.25, 0.3) is 0 Å². The van der Waals surface area contributed by atoms with Crippen molar-refractivity contribution >= 4 is 23.2 Å². The molecule has 0 aromatic heterocycles. The van der Waals surface area contributed by atoms with Crippen LogP contribution in [0, 0.1) is 0 Å². The fourth-order valence-electron chi connectivity index (χ4n) is 3.15. The number of benzene rings is 2. The molecule has 0 aliphatic rings. The Morgan fingerprint density at radius 3 is 1.12 bits per heavy atom. The van der Waals surface area contributed by atoms with Gasteiger partial charge >= 0.3 is 11.8 Å². The first-order valence-corrected chi connectivity index (χ1v) is 9.39. The lowest BCUT2D eigenvalue weighted by Gasteiger charge is -2.16. The van der Waals surface area contributed by atoms with Crippen LogP contribution in [0.15, 0.2) is 36.4 Å². The van der Waals surface area contributed by atoms with E-state index in [0.29, 0.717) is 0 Å². The molecule has 0 radical (unpaired) electrons. The van der Waals surface area contributed by atoms with Crippen LogP contribution < -0.4 is 10.6 Å². The van der Waals surface area contributed by atoms with E-state index in [4.69, 9.17) is 0 Å². The molecule has 0 aliphatic carbocycles. The van der Waals surface area contributed by atoms with Gasteiger partial charge < -0.3 is 10.6 Å². The fraction of sp³-hybridized carbons (Fsp3) is 0.364. The molecule has 0 saturated carbocycles. The van der Waals surface area contributed by atoms with Crippen molar-refractivity contribution in [1.82, 2.24) is 0 Å². The van der Waals surface area contributed by atoms with Crippen LogP contribution in [0.3, 0.4) is 0 Å². The number of anilines is 2. The summed E-state index contributed by atoms with van der Waals surface area (Å²) in [5.74, 6) is -1.26. The summed E-state index contributed by atoms with van der Waals surface area (Å²) in [6.45, 7) is 8.15. The lowest BCUT2D eigenvalue weighted by molar-refractivity contribution is -0.133. The normalized spacial score (nSPS) is 10.5. The molecule has 4 heteroatoms. The van der Waals surface area contributed by atoms with Crippen LogP contribution in [-0.4, -0.2) is 11.8 Å². The van der Waals surface area contributed by atoms with Crippen LogP contribution in [0.2, 0.25) is 0 Å². The molecule has 2 amide bonds. The molecule has 0 unspecified atom stereocenters. The van der Waals surface area contributed by atoms with Gasteiger partial charge in [-0.15, -0.1) is 0 Å². The van der Waals surface area contributed by atoms with Crippen molar-refractivity contribution in [2.24, 2.45) is 0 Å². The molecule has 0 aliphatic heterocycles. The van der Waals surface area contributed by atoms with E-state index in [-0.39, 0.29) is 0 Å². The Bertz CT molecular complexity index is 685. The van der Waals surface area contributed by atoms with Gasteiger partial charge in [0.2, 0.25) is 0 Å². The second-order valence-corrected chi connectivity index (χ2v) is 6.22. The number of carbonyl (C=O) groups is 2. The van der Waals surface area contributed by atoms with Crippen molar-refractivity contribution in [2.45, 2.75) is 53.4 Å². The van der Waals surface area contributed by atoms with E-state index in [2.05, 4.69) is 10.6 Å². The molecule has 2 rings (SSSR count). The van der Waals surface area contributed by atoms with Gasteiger partial charge in [0.15, 0.2) is 0 Å². The SMILES string of the molecule is CCc1cccc(CC)c1NC(=O)C(=O)Nc1c(CC)cccc1CC. The van der Waals surface area contributed by atoms with Crippen molar-refractivity contribution in [3.05, 3.63) is 58.7 Å². The summed E-state index contributed by atoms with van der Waals surface area (Å²) >= 11 is 0. The third-order valence-electron chi connectivity index (χ3n) is 4.68. The maximum atomic E-state index is 12.5. The number of hydrogen-bond donors (Lipinski definition) is 2. The van der Waals surface area contributed by atoms with Gasteiger partial charge in [-0.05, 0) is 47.9 Å². The molecule has 2 N–H and O–H groups in total. The number of carbonyl (C=O) groups excluding carboxylic acids is 2. The highest BCUT2D eigenvalue weighted by Gasteiger charge is 2.19. The van der Waals surface area contributed by atoms with E-state index in [9.17, 15) is 9.59 Å². The van der Waals surface area contributed by atoms with E-state index in [1.54, 1.807) is 0 Å². The number of rotatable bonds is 6. The molecule has 0 heterocycles. The third-order valence-corrected chi connectivity index (χ3v) is 4.68. The van der Waals surface area contributed by atoms with Gasteiger partial charge in [-0.3, -0.25) is 9.59 Å². The van der Waals surface area contributed by atoms with Gasteiger partial charge in [-0.2, -0.15) is 0 Å². The molecular formula is C22H28N2O2. The predicted octanol–water partition coefficient (Wildman–Crippen LogP) is 4.51. The zero-order valence-corrected chi connectivity index (χ0v) is 16.1. The first-order valence-electron chi connectivity index (χ1n) is 9.39. The summed E-state index contributed by atoms with van der Waals surface area (Å²) in [6.07, 6.45) is 3.18. The van der Waals surface area contributed by atoms with Gasteiger partial charge in [0.25, 0.3) is 0 Å². The number of amides is 2. The third kappa shape index (κ3) is 4.31. The first kappa shape index (κ1) is 19.7. The van der Waals surface area contributed by atoms with Crippen molar-refractivity contribution in [3.8, 4) is 0 Å². The molecule has 0 atom stereocenters. The van der Waals surface area contributed by atoms with E-state index < -0.39 is 11.8 Å². The topological polar surface area (TPSA) is 58.2 Å². The maximum absolute atomic E-state index is 12.5. The molecule has 4 nitrogen and oxygen atoms in total. The average molecular weight is 352 g/mol. The smallest absolute Gasteiger partial charge is 0.314 e. The Labute approximate surface area is 156 Å². The van der Waals surface area contributed by atoms with Crippen LogP contribution in [-0.2, 0) is 35.3 Å². The van der Waals surface area contributed by atoms with Crippen LogP contribution in [0.5, 0.6) is 0 Å². The lowest BCUT2D eigenvalue weighted by atomic mass is 10.0. The summed E-state index contributed by atoms with van der Waals surface area (Å²) in [7, 11) is 0. The fourth-order valence-corrected chi connectivity index (χ4v) is 3.15. The highest BCUT2D eigenvalue weighted by molar-refractivity contribution is 6.44. The lowest BCUT2D eigenvalue weighted by Crippen LogP contribution is -2.30. The summed E-state index contributed by atoms with van der Waals surface area (Å²) in [5, 5.41) is 5.65. The van der Waals surface area contributed by atoms with Crippen LogP contribution >= 0.6 is 0 Å². The second-order valence-electron chi connectivity index (χ2n) is 6.22. The van der Waals surface area contributed by atoms with Crippen LogP contribution in [0.1, 0.15) is 49.9 Å². The van der Waals surface area contributed by atoms with Crippen molar-refractivity contribution in [3.63, 3.8) is 0 Å². The quantitative estimate of drug-likeness (QED) is 0.751. The highest BCUT2D eigenvalue weighted by Crippen LogP contribution is 2.24. The molecular weight excluding hydrogens is 324 g/mol. The molecule has 138 valence electrons. The Hall–Kier alpha value is -2.62. The molecule has 2 aromatic rings. The van der Waals surface area contributed by atoms with E-state index in [0.717, 1.165) is 59.3 Å². The summed E-state index contributed by atoms with van der Waals surface area (Å²) in [6, 6.07) is 11.9. The zero-order valence-electron chi connectivity index (χ0n) is 16.1. The standard InChI is InChI=1S/C22H28N2O2/c1-5-15-11-9-12-16(6-2)19(15)23-21(25)22(26)24-20-17(7-3)13-10-14-18(20)8-4/h9-14H,5-8H2,1-4H3,(H,23,25)(H,24,26). The minimum absolute atomic E-state index is 0.631. The van der Waals surface area contributed by atoms with Gasteiger partial charge in [0.05, 0.1) is 0 Å². The molecule has 26 heavy (non-hydrogen) atoms. The molecule has 2 aromatic carbocycles. The molecule has 0 spiro atoms. The second kappa shape index (κ2) is 9.18. The Morgan fingerprint density at radius 1 is 0.615 bits per heavy atom. The van der Waals surface area contributed by atoms with Gasteiger partial charge in [0, 0.05) is 11.4 Å². The average Bonchev–Trinajstić information content (AvgIpc) is 2.67. The van der Waals surface area contributed by atoms with Gasteiger partial charge in [-0.25, -0.2) is 0 Å². The van der Waals surface area contributed by atoms with Crippen molar-refractivity contribution < 1.29 is 9.59 Å². The summed E-state index contributed by atoms with van der Waals surface area (Å²) in [4.78, 5) is 25.1. The predicted molar refractivity (Wildman–Crippen MR) is 108 cm³/mol. The number of nitrogens with one attached hydrogen (secondary N) is 2. The number of para-hydroxylation sites is 2. The van der Waals surface area contributed by atoms with Gasteiger partial charge in [0.1, 0.15) is 0 Å². The summed E-state index contributed by atoms with van der Waals surface area (Å²) < 4.78 is 0. The Kier molecular flexibility index (Phi) is 6.96. The van der Waals surface area contributed by atoms with Crippen molar-refractivity contribution in [2.75, 3.05) is 10.6 Å². The van der Waals surface area contributed by atoms with Gasteiger partial charge in [-0.1, -0.05) is 64.1 Å². The van der Waals surface area contributed by atoms with Crippen molar-refractivity contribution in [1.29, 1.82) is 0 Å².